The number of nitriles is 1. The molecular weight excluding hydrogens is 472 g/mol. The van der Waals surface area contributed by atoms with E-state index >= 15 is 0 Å². The van der Waals surface area contributed by atoms with Crippen molar-refractivity contribution >= 4 is 40.0 Å². The number of methoxy groups -OCH3 is 1. The van der Waals surface area contributed by atoms with Crippen LogP contribution in [0.4, 0.5) is 5.69 Å². The lowest BCUT2D eigenvalue weighted by molar-refractivity contribution is -0.112. The SMILES string of the molecule is COc1cc(/C=C(\C#N)C(=O)Nc2ccc(C)c(Cl)c2)ccc1OCc1c(C)ccc2ccccc12. The van der Waals surface area contributed by atoms with Crippen LogP contribution in [0.5, 0.6) is 11.5 Å². The molecule has 0 saturated heterocycles. The third-order valence-corrected chi connectivity index (χ3v) is 6.35. The lowest BCUT2D eigenvalue weighted by atomic mass is 10.0. The maximum Gasteiger partial charge on any atom is 0.266 e. The fraction of sp³-hybridized carbons (Fsp3) is 0.133. The van der Waals surface area contributed by atoms with Crippen LogP contribution in [-0.2, 0) is 11.4 Å². The van der Waals surface area contributed by atoms with Crippen LogP contribution < -0.4 is 14.8 Å². The maximum absolute atomic E-state index is 12.7. The summed E-state index contributed by atoms with van der Waals surface area (Å²) in [4.78, 5) is 12.7. The molecule has 0 aliphatic rings. The van der Waals surface area contributed by atoms with Crippen molar-refractivity contribution in [1.82, 2.24) is 0 Å². The van der Waals surface area contributed by atoms with Gasteiger partial charge in [-0.15, -0.1) is 0 Å². The summed E-state index contributed by atoms with van der Waals surface area (Å²) in [5.41, 5.74) is 4.26. The molecule has 4 aromatic carbocycles. The number of carbonyl (C=O) groups excluding carboxylic acids is 1. The molecule has 4 rings (SSSR count). The third-order valence-electron chi connectivity index (χ3n) is 5.94. The molecule has 1 amide bonds. The van der Waals surface area contributed by atoms with E-state index < -0.39 is 5.91 Å². The Balaban J connectivity index is 1.54. The fourth-order valence-electron chi connectivity index (χ4n) is 3.86. The smallest absolute Gasteiger partial charge is 0.266 e. The molecule has 6 heteroatoms. The van der Waals surface area contributed by atoms with E-state index in [9.17, 15) is 10.1 Å². The third kappa shape index (κ3) is 5.51. The minimum atomic E-state index is -0.525. The number of ether oxygens (including phenoxy) is 2. The average molecular weight is 497 g/mol. The Kier molecular flexibility index (Phi) is 7.58. The Morgan fingerprint density at radius 3 is 2.53 bits per heavy atom. The van der Waals surface area contributed by atoms with Gasteiger partial charge in [-0.25, -0.2) is 0 Å². The van der Waals surface area contributed by atoms with Gasteiger partial charge in [-0.3, -0.25) is 4.79 Å². The maximum atomic E-state index is 12.7. The Morgan fingerprint density at radius 2 is 1.78 bits per heavy atom. The van der Waals surface area contributed by atoms with E-state index in [4.69, 9.17) is 21.1 Å². The lowest BCUT2D eigenvalue weighted by Crippen LogP contribution is -2.13. The zero-order valence-electron chi connectivity index (χ0n) is 20.3. The Hall–Kier alpha value is -4.27. The van der Waals surface area contributed by atoms with E-state index in [0.29, 0.717) is 34.4 Å². The summed E-state index contributed by atoms with van der Waals surface area (Å²) in [5, 5.41) is 15.1. The number of anilines is 1. The molecule has 0 aliphatic heterocycles. The van der Waals surface area contributed by atoms with Crippen molar-refractivity contribution in [3.63, 3.8) is 0 Å². The molecule has 0 radical (unpaired) electrons. The van der Waals surface area contributed by atoms with E-state index in [1.807, 2.05) is 25.1 Å². The van der Waals surface area contributed by atoms with Crippen LogP contribution in [0, 0.1) is 25.2 Å². The summed E-state index contributed by atoms with van der Waals surface area (Å²) in [5.74, 6) is 0.548. The first-order valence-electron chi connectivity index (χ1n) is 11.4. The minimum absolute atomic E-state index is 0.0474. The zero-order chi connectivity index (χ0) is 25.7. The quantitative estimate of drug-likeness (QED) is 0.216. The molecule has 0 saturated carbocycles. The van der Waals surface area contributed by atoms with Crippen LogP contribution in [0.3, 0.4) is 0 Å². The van der Waals surface area contributed by atoms with Crippen molar-refractivity contribution < 1.29 is 14.3 Å². The molecule has 0 unspecified atom stereocenters. The fourth-order valence-corrected chi connectivity index (χ4v) is 4.04. The largest absolute Gasteiger partial charge is 0.493 e. The van der Waals surface area contributed by atoms with Crippen LogP contribution in [0.2, 0.25) is 5.02 Å². The number of halogens is 1. The van der Waals surface area contributed by atoms with Crippen molar-refractivity contribution in [1.29, 1.82) is 5.26 Å². The molecule has 0 heterocycles. The summed E-state index contributed by atoms with van der Waals surface area (Å²) < 4.78 is 11.7. The summed E-state index contributed by atoms with van der Waals surface area (Å²) in [6, 6.07) is 24.8. The molecule has 0 fully saturated rings. The second-order valence-electron chi connectivity index (χ2n) is 8.37. The number of carbonyl (C=O) groups is 1. The van der Waals surface area contributed by atoms with E-state index in [2.05, 4.69) is 36.5 Å². The Bertz CT molecular complexity index is 1520. The first kappa shape index (κ1) is 24.8. The first-order chi connectivity index (χ1) is 17.4. The molecule has 5 nitrogen and oxygen atoms in total. The molecule has 1 N–H and O–H groups in total. The number of benzene rings is 4. The van der Waals surface area contributed by atoms with E-state index in [-0.39, 0.29) is 5.57 Å². The summed E-state index contributed by atoms with van der Waals surface area (Å²) >= 11 is 6.13. The monoisotopic (exact) mass is 496 g/mol. The highest BCUT2D eigenvalue weighted by Crippen LogP contribution is 2.31. The summed E-state index contributed by atoms with van der Waals surface area (Å²) in [7, 11) is 1.55. The average Bonchev–Trinajstić information content (AvgIpc) is 2.89. The predicted octanol–water partition coefficient (Wildman–Crippen LogP) is 7.24. The van der Waals surface area contributed by atoms with Crippen molar-refractivity contribution in [3.8, 4) is 17.6 Å². The normalized spacial score (nSPS) is 11.1. The second kappa shape index (κ2) is 11.0. The molecule has 0 atom stereocenters. The summed E-state index contributed by atoms with van der Waals surface area (Å²) in [6.45, 7) is 4.32. The van der Waals surface area contributed by atoms with Crippen LogP contribution >= 0.6 is 11.6 Å². The standard InChI is InChI=1S/C30H25ClN2O3/c1-19-8-11-22-6-4-5-7-25(22)26(19)18-36-28-13-10-21(15-29(28)35-3)14-23(17-32)30(34)33-24-12-9-20(2)27(31)16-24/h4-16H,18H2,1-3H3,(H,33,34)/b23-14+. The van der Waals surface area contributed by atoms with Gasteiger partial charge in [0.1, 0.15) is 18.2 Å². The highest BCUT2D eigenvalue weighted by Gasteiger charge is 2.13. The summed E-state index contributed by atoms with van der Waals surface area (Å²) in [6.07, 6.45) is 1.51. The minimum Gasteiger partial charge on any atom is -0.493 e. The van der Waals surface area contributed by atoms with Crippen molar-refractivity contribution in [2.75, 3.05) is 12.4 Å². The molecule has 4 aromatic rings. The van der Waals surface area contributed by atoms with Gasteiger partial charge in [0.2, 0.25) is 0 Å². The van der Waals surface area contributed by atoms with Gasteiger partial charge in [-0.05, 0) is 71.7 Å². The number of aryl methyl sites for hydroxylation is 2. The zero-order valence-corrected chi connectivity index (χ0v) is 21.0. The van der Waals surface area contributed by atoms with Crippen molar-refractivity contribution in [2.45, 2.75) is 20.5 Å². The topological polar surface area (TPSA) is 71.3 Å². The molecule has 0 aromatic heterocycles. The number of hydrogen-bond donors (Lipinski definition) is 1. The number of amides is 1. The molecule has 0 aliphatic carbocycles. The number of rotatable bonds is 7. The van der Waals surface area contributed by atoms with Gasteiger partial charge < -0.3 is 14.8 Å². The highest BCUT2D eigenvalue weighted by atomic mass is 35.5. The van der Waals surface area contributed by atoms with Gasteiger partial charge in [-0.1, -0.05) is 60.1 Å². The number of nitrogens with one attached hydrogen (secondary N) is 1. The molecule has 0 spiro atoms. The van der Waals surface area contributed by atoms with Crippen LogP contribution in [0.25, 0.3) is 16.8 Å². The van der Waals surface area contributed by atoms with Gasteiger partial charge in [0.15, 0.2) is 11.5 Å². The van der Waals surface area contributed by atoms with Gasteiger partial charge >= 0.3 is 0 Å². The van der Waals surface area contributed by atoms with Gasteiger partial charge in [-0.2, -0.15) is 5.26 Å². The van der Waals surface area contributed by atoms with Crippen LogP contribution in [-0.4, -0.2) is 13.0 Å². The molecule has 0 bridgehead atoms. The predicted molar refractivity (Wildman–Crippen MR) is 144 cm³/mol. The van der Waals surface area contributed by atoms with Crippen LogP contribution in [0.15, 0.2) is 78.4 Å². The second-order valence-corrected chi connectivity index (χ2v) is 8.78. The molecular formula is C30H25ClN2O3. The molecule has 36 heavy (non-hydrogen) atoms. The Morgan fingerprint density at radius 1 is 1.00 bits per heavy atom. The Labute approximate surface area is 215 Å². The van der Waals surface area contributed by atoms with Crippen molar-refractivity contribution in [2.24, 2.45) is 0 Å². The lowest BCUT2D eigenvalue weighted by Gasteiger charge is -2.14. The number of hydrogen-bond acceptors (Lipinski definition) is 4. The van der Waals surface area contributed by atoms with Gasteiger partial charge in [0.05, 0.1) is 7.11 Å². The van der Waals surface area contributed by atoms with Gasteiger partial charge in [0, 0.05) is 16.3 Å². The van der Waals surface area contributed by atoms with Crippen LogP contribution in [0.1, 0.15) is 22.3 Å². The highest BCUT2D eigenvalue weighted by molar-refractivity contribution is 6.31. The molecule has 180 valence electrons. The van der Waals surface area contributed by atoms with E-state index in [1.54, 1.807) is 43.5 Å². The van der Waals surface area contributed by atoms with Crippen molar-refractivity contribution in [3.05, 3.63) is 106 Å². The number of nitrogens with zero attached hydrogens (tertiary/aromatic N) is 1. The van der Waals surface area contributed by atoms with Gasteiger partial charge in [0.25, 0.3) is 5.91 Å². The number of fused-ring (bicyclic) bond motifs is 1. The van der Waals surface area contributed by atoms with E-state index in [1.165, 1.54) is 6.08 Å². The van der Waals surface area contributed by atoms with E-state index in [0.717, 1.165) is 27.5 Å². The first-order valence-corrected chi connectivity index (χ1v) is 11.7.